The Labute approximate surface area is 199 Å². The first-order valence-corrected chi connectivity index (χ1v) is 11.4. The van der Waals surface area contributed by atoms with Crippen LogP contribution in [-0.4, -0.2) is 22.2 Å². The number of carboxylic acids is 1. The van der Waals surface area contributed by atoms with Gasteiger partial charge in [0.1, 0.15) is 11.3 Å². The highest BCUT2D eigenvalue weighted by molar-refractivity contribution is 5.88. The molecule has 2 aliphatic rings. The lowest BCUT2D eigenvalue weighted by Crippen LogP contribution is -2.33. The maximum Gasteiger partial charge on any atom is 0.416 e. The summed E-state index contributed by atoms with van der Waals surface area (Å²) in [6, 6.07) is 8.05. The van der Waals surface area contributed by atoms with E-state index in [1.54, 1.807) is 0 Å². The fraction of sp³-hybridized carbons (Fsp3) is 0.333. The van der Waals surface area contributed by atoms with Crippen molar-refractivity contribution in [1.82, 2.24) is 4.57 Å². The standard InChI is InChI=1S/C27H24F3NO4/c1-26(2,3)23-11-18-16-8-9-35-24(16)17(14-4-6-15(7-5-14)27(28,29)30)10-19(18)21-12-22(32)20(25(33)34)13-31(21)23/h4-7,10,12-13,23H,8-9,11H2,1-3H3,(H,33,34). The van der Waals surface area contributed by atoms with Gasteiger partial charge in [-0.05, 0) is 41.2 Å². The Balaban J connectivity index is 1.76. The van der Waals surface area contributed by atoms with Crippen LogP contribution in [0.15, 0.2) is 47.4 Å². The number of aromatic nitrogens is 1. The van der Waals surface area contributed by atoms with E-state index in [0.717, 1.165) is 28.8 Å². The number of hydrogen-bond acceptors (Lipinski definition) is 3. The molecule has 5 rings (SSSR count). The maximum absolute atomic E-state index is 13.1. The van der Waals surface area contributed by atoms with Crippen LogP contribution in [0.25, 0.3) is 22.4 Å². The molecule has 0 saturated carbocycles. The Bertz CT molecular complexity index is 1410. The third kappa shape index (κ3) is 3.81. The highest BCUT2D eigenvalue weighted by Gasteiger charge is 2.37. The van der Waals surface area contributed by atoms with E-state index < -0.39 is 23.1 Å². The highest BCUT2D eigenvalue weighted by Crippen LogP contribution is 2.49. The van der Waals surface area contributed by atoms with Crippen LogP contribution >= 0.6 is 0 Å². The Morgan fingerprint density at radius 1 is 1.06 bits per heavy atom. The van der Waals surface area contributed by atoms with E-state index in [1.807, 2.05) is 10.6 Å². The minimum Gasteiger partial charge on any atom is -0.492 e. The summed E-state index contributed by atoms with van der Waals surface area (Å²) in [4.78, 5) is 24.4. The molecule has 2 aliphatic heterocycles. The number of nitrogens with zero attached hydrogens (tertiary/aromatic N) is 1. The number of alkyl halides is 3. The number of fused-ring (bicyclic) bond motifs is 5. The lowest BCUT2D eigenvalue weighted by atomic mass is 9.76. The fourth-order valence-corrected chi connectivity index (χ4v) is 5.16. The molecule has 0 amide bonds. The molecule has 0 bridgehead atoms. The zero-order chi connectivity index (χ0) is 25.3. The molecule has 0 spiro atoms. The van der Waals surface area contributed by atoms with Crippen LogP contribution in [-0.2, 0) is 19.0 Å². The quantitative estimate of drug-likeness (QED) is 0.487. The van der Waals surface area contributed by atoms with Gasteiger partial charge in [-0.1, -0.05) is 32.9 Å². The van der Waals surface area contributed by atoms with Crippen molar-refractivity contribution in [3.05, 3.63) is 75.1 Å². The summed E-state index contributed by atoms with van der Waals surface area (Å²) in [5, 5.41) is 9.54. The fourth-order valence-electron chi connectivity index (χ4n) is 5.16. The van der Waals surface area contributed by atoms with Crippen LogP contribution in [0.4, 0.5) is 13.2 Å². The van der Waals surface area contributed by atoms with E-state index in [1.165, 1.54) is 24.4 Å². The van der Waals surface area contributed by atoms with Crippen LogP contribution in [0.1, 0.15) is 53.9 Å². The SMILES string of the molecule is CC(C)(C)C1Cc2c(cc(-c3ccc(C(F)(F)F)cc3)c3c2CCO3)-c2cc(=O)c(C(=O)O)cn21. The first kappa shape index (κ1) is 23.2. The summed E-state index contributed by atoms with van der Waals surface area (Å²) in [5.74, 6) is -0.620. The molecule has 3 heterocycles. The first-order valence-electron chi connectivity index (χ1n) is 11.4. The predicted octanol–water partition coefficient (Wildman–Crippen LogP) is 5.98. The Morgan fingerprint density at radius 2 is 1.74 bits per heavy atom. The van der Waals surface area contributed by atoms with Crippen molar-refractivity contribution >= 4 is 5.97 Å². The summed E-state index contributed by atoms with van der Waals surface area (Å²) in [7, 11) is 0. The maximum atomic E-state index is 13.1. The van der Waals surface area contributed by atoms with Crippen molar-refractivity contribution < 1.29 is 27.8 Å². The second kappa shape index (κ2) is 7.73. The number of carbonyl (C=O) groups is 1. The number of benzene rings is 2. The van der Waals surface area contributed by atoms with Gasteiger partial charge in [0.15, 0.2) is 5.43 Å². The summed E-state index contributed by atoms with van der Waals surface area (Å²) >= 11 is 0. The lowest BCUT2D eigenvalue weighted by Gasteiger charge is -2.39. The van der Waals surface area contributed by atoms with Crippen molar-refractivity contribution in [1.29, 1.82) is 0 Å². The number of aromatic carboxylic acids is 1. The molecule has 5 nitrogen and oxygen atoms in total. The number of halogens is 3. The average molecular weight is 483 g/mol. The molecular formula is C27H24F3NO4. The first-order chi connectivity index (χ1) is 16.4. The molecule has 0 aliphatic carbocycles. The van der Waals surface area contributed by atoms with E-state index in [-0.39, 0.29) is 17.0 Å². The van der Waals surface area contributed by atoms with Gasteiger partial charge in [0, 0.05) is 41.4 Å². The molecule has 1 atom stereocenters. The predicted molar refractivity (Wildman–Crippen MR) is 125 cm³/mol. The molecule has 0 radical (unpaired) electrons. The van der Waals surface area contributed by atoms with Gasteiger partial charge in [0.25, 0.3) is 0 Å². The number of rotatable bonds is 2. The zero-order valence-electron chi connectivity index (χ0n) is 19.5. The van der Waals surface area contributed by atoms with Crippen molar-refractivity contribution in [3.63, 3.8) is 0 Å². The summed E-state index contributed by atoms with van der Waals surface area (Å²) in [5.41, 5.74) is 2.79. The van der Waals surface area contributed by atoms with E-state index in [0.29, 0.717) is 42.0 Å². The van der Waals surface area contributed by atoms with E-state index in [2.05, 4.69) is 20.8 Å². The third-order valence-electron chi connectivity index (χ3n) is 6.94. The zero-order valence-corrected chi connectivity index (χ0v) is 19.5. The topological polar surface area (TPSA) is 68.5 Å². The molecule has 3 aromatic rings. The van der Waals surface area contributed by atoms with Gasteiger partial charge in [0.2, 0.25) is 0 Å². The Hall–Kier alpha value is -3.55. The smallest absolute Gasteiger partial charge is 0.416 e. The lowest BCUT2D eigenvalue weighted by molar-refractivity contribution is -0.137. The molecule has 182 valence electrons. The molecule has 0 fully saturated rings. The molecule has 1 N–H and O–H groups in total. The van der Waals surface area contributed by atoms with Gasteiger partial charge < -0.3 is 14.4 Å². The third-order valence-corrected chi connectivity index (χ3v) is 6.94. The number of pyridine rings is 1. The van der Waals surface area contributed by atoms with Gasteiger partial charge in [-0.2, -0.15) is 13.2 Å². The molecule has 8 heteroatoms. The molecule has 35 heavy (non-hydrogen) atoms. The Kier molecular flexibility index (Phi) is 5.12. The van der Waals surface area contributed by atoms with Gasteiger partial charge in [-0.3, -0.25) is 4.79 Å². The van der Waals surface area contributed by atoms with E-state index in [9.17, 15) is 27.9 Å². The molecular weight excluding hydrogens is 459 g/mol. The van der Waals surface area contributed by atoms with Crippen LogP contribution < -0.4 is 10.2 Å². The van der Waals surface area contributed by atoms with Crippen molar-refractivity contribution in [2.75, 3.05) is 6.61 Å². The highest BCUT2D eigenvalue weighted by atomic mass is 19.4. The van der Waals surface area contributed by atoms with Crippen LogP contribution in [0.5, 0.6) is 5.75 Å². The largest absolute Gasteiger partial charge is 0.492 e. The molecule has 0 saturated heterocycles. The second-order valence-corrected chi connectivity index (χ2v) is 10.2. The summed E-state index contributed by atoms with van der Waals surface area (Å²) in [6.07, 6.45) is -1.75. The van der Waals surface area contributed by atoms with Crippen molar-refractivity contribution in [2.24, 2.45) is 5.41 Å². The normalized spacial score (nSPS) is 16.8. The summed E-state index contributed by atoms with van der Waals surface area (Å²) in [6.45, 7) is 6.67. The molecule has 1 unspecified atom stereocenters. The van der Waals surface area contributed by atoms with Crippen LogP contribution in [0.2, 0.25) is 0 Å². The number of hydrogen-bond donors (Lipinski definition) is 1. The second-order valence-electron chi connectivity index (χ2n) is 10.2. The van der Waals surface area contributed by atoms with Gasteiger partial charge >= 0.3 is 12.1 Å². The van der Waals surface area contributed by atoms with Crippen molar-refractivity contribution in [2.45, 2.75) is 45.8 Å². The monoisotopic (exact) mass is 483 g/mol. The Morgan fingerprint density at radius 3 is 2.34 bits per heavy atom. The van der Waals surface area contributed by atoms with Crippen LogP contribution in [0, 0.1) is 5.41 Å². The number of ether oxygens (including phenoxy) is 1. The van der Waals surface area contributed by atoms with Crippen LogP contribution in [0.3, 0.4) is 0 Å². The van der Waals surface area contributed by atoms with Gasteiger partial charge in [-0.25, -0.2) is 4.79 Å². The summed E-state index contributed by atoms with van der Waals surface area (Å²) < 4.78 is 47.1. The minimum atomic E-state index is -4.43. The number of carboxylic acid groups (broad SMARTS) is 1. The van der Waals surface area contributed by atoms with Gasteiger partial charge in [0.05, 0.1) is 17.9 Å². The van der Waals surface area contributed by atoms with E-state index >= 15 is 0 Å². The molecule has 2 aromatic carbocycles. The van der Waals surface area contributed by atoms with E-state index in [4.69, 9.17) is 4.74 Å². The van der Waals surface area contributed by atoms with Crippen molar-refractivity contribution in [3.8, 4) is 28.1 Å². The van der Waals surface area contributed by atoms with Gasteiger partial charge in [-0.15, -0.1) is 0 Å². The molecule has 1 aromatic heterocycles. The average Bonchev–Trinajstić information content (AvgIpc) is 3.26. The minimum absolute atomic E-state index is 0.106.